The first kappa shape index (κ1) is 31.1. The lowest BCUT2D eigenvalue weighted by atomic mass is 9.96. The summed E-state index contributed by atoms with van der Waals surface area (Å²) in [4.78, 5) is 50.0. The number of amides is 4. The summed E-state index contributed by atoms with van der Waals surface area (Å²) in [5.74, 6) is -2.74. The van der Waals surface area contributed by atoms with Gasteiger partial charge < -0.3 is 44.2 Å². The second kappa shape index (κ2) is 16.6. The Kier molecular flexibility index (Phi) is 15.2. The summed E-state index contributed by atoms with van der Waals surface area (Å²) in [6.07, 6.45) is 2.86. The first-order valence-corrected chi connectivity index (χ1v) is 11.7. The fourth-order valence-electron chi connectivity index (χ4n) is 3.10. The average molecular weight is 486 g/mol. The van der Waals surface area contributed by atoms with Crippen molar-refractivity contribution >= 4 is 29.6 Å². The van der Waals surface area contributed by atoms with Gasteiger partial charge in [-0.05, 0) is 51.5 Å². The molecule has 0 aromatic carbocycles. The van der Waals surface area contributed by atoms with Crippen LogP contribution in [0.3, 0.4) is 0 Å². The van der Waals surface area contributed by atoms with E-state index in [0.29, 0.717) is 45.2 Å². The van der Waals surface area contributed by atoms with Crippen LogP contribution in [0.2, 0.25) is 0 Å². The fraction of sp³-hybridized carbons (Fsp3) is 0.762. The minimum atomic E-state index is -0.955. The molecule has 5 atom stereocenters. The lowest BCUT2D eigenvalue weighted by molar-refractivity contribution is -0.134. The highest BCUT2D eigenvalue weighted by Crippen LogP contribution is 2.11. The summed E-state index contributed by atoms with van der Waals surface area (Å²) in [5, 5.41) is 17.8. The van der Waals surface area contributed by atoms with Gasteiger partial charge >= 0.3 is 0 Å². The second-order valence-electron chi connectivity index (χ2n) is 8.45. The zero-order valence-electron chi connectivity index (χ0n) is 20.5. The van der Waals surface area contributed by atoms with Crippen molar-refractivity contribution in [2.24, 2.45) is 28.9 Å². The molecule has 13 N–H and O–H groups in total. The van der Waals surface area contributed by atoms with Crippen LogP contribution < -0.4 is 44.2 Å². The van der Waals surface area contributed by atoms with Crippen LogP contribution in [0.4, 0.5) is 0 Å². The number of carbonyl (C=O) groups excluding carboxylic acids is 4. The van der Waals surface area contributed by atoms with Crippen LogP contribution in [-0.2, 0) is 19.2 Å². The topological polar surface area (TPSA) is 244 Å². The Morgan fingerprint density at radius 3 is 1.94 bits per heavy atom. The van der Waals surface area contributed by atoms with Gasteiger partial charge in [-0.1, -0.05) is 20.3 Å². The summed E-state index contributed by atoms with van der Waals surface area (Å²) in [6, 6.07) is -3.61. The van der Waals surface area contributed by atoms with Gasteiger partial charge in [0.25, 0.3) is 0 Å². The Labute approximate surface area is 201 Å². The summed E-state index contributed by atoms with van der Waals surface area (Å²) in [6.45, 7) is 5.94. The highest BCUT2D eigenvalue weighted by atomic mass is 16.2. The number of nitrogens with two attached hydrogens (primary N) is 4. The predicted octanol–water partition coefficient (Wildman–Crippen LogP) is -2.29. The highest BCUT2D eigenvalue weighted by Gasteiger charge is 2.31. The molecule has 196 valence electrons. The number of nitrogens with one attached hydrogen (secondary N) is 5. The van der Waals surface area contributed by atoms with Crippen molar-refractivity contribution in [3.05, 3.63) is 0 Å². The van der Waals surface area contributed by atoms with E-state index in [1.165, 1.54) is 6.92 Å². The fourth-order valence-corrected chi connectivity index (χ4v) is 3.10. The van der Waals surface area contributed by atoms with E-state index in [1.807, 2.05) is 6.92 Å². The van der Waals surface area contributed by atoms with Crippen LogP contribution in [0.25, 0.3) is 0 Å². The predicted molar refractivity (Wildman–Crippen MR) is 130 cm³/mol. The zero-order valence-corrected chi connectivity index (χ0v) is 20.5. The molecule has 0 radical (unpaired) electrons. The van der Waals surface area contributed by atoms with Crippen molar-refractivity contribution in [2.75, 3.05) is 13.1 Å². The van der Waals surface area contributed by atoms with Gasteiger partial charge in [0, 0.05) is 6.54 Å². The van der Waals surface area contributed by atoms with Gasteiger partial charge in [-0.2, -0.15) is 0 Å². The largest absolute Gasteiger partial charge is 0.370 e. The molecule has 34 heavy (non-hydrogen) atoms. The maximum atomic E-state index is 13.1. The van der Waals surface area contributed by atoms with Crippen molar-refractivity contribution < 1.29 is 19.2 Å². The molecular weight excluding hydrogens is 442 g/mol. The molecule has 0 bridgehead atoms. The second-order valence-corrected chi connectivity index (χ2v) is 8.45. The zero-order chi connectivity index (χ0) is 26.3. The van der Waals surface area contributed by atoms with Crippen molar-refractivity contribution in [3.63, 3.8) is 0 Å². The van der Waals surface area contributed by atoms with Gasteiger partial charge in [-0.25, -0.2) is 0 Å². The molecule has 0 fully saturated rings. The Hall–Kier alpha value is -2.93. The monoisotopic (exact) mass is 485 g/mol. The molecule has 0 saturated carbocycles. The first-order valence-electron chi connectivity index (χ1n) is 11.7. The SMILES string of the molecule is CC[C@H](C)[C@H](NC(=O)[C@H](CCCNC(=N)N)NC(=O)[C@H](C)N)C(=O)N[C@@H](CCCCN)C(N)=O. The van der Waals surface area contributed by atoms with Gasteiger partial charge in [-0.15, -0.1) is 0 Å². The van der Waals surface area contributed by atoms with E-state index in [0.717, 1.165) is 0 Å². The third kappa shape index (κ3) is 12.3. The molecule has 0 spiro atoms. The molecule has 0 aromatic rings. The number of guanidine groups is 1. The summed E-state index contributed by atoms with van der Waals surface area (Å²) >= 11 is 0. The molecular formula is C21H43N9O4. The molecule has 13 nitrogen and oxygen atoms in total. The molecule has 0 aliphatic heterocycles. The molecule has 0 heterocycles. The lowest BCUT2D eigenvalue weighted by Crippen LogP contribution is -2.59. The Balaban J connectivity index is 5.43. The maximum absolute atomic E-state index is 13.1. The lowest BCUT2D eigenvalue weighted by Gasteiger charge is -2.28. The smallest absolute Gasteiger partial charge is 0.243 e. The molecule has 0 aliphatic rings. The standard InChI is InChI=1S/C21H43N9O4/c1-4-12(2)16(20(34)28-14(17(24)31)8-5-6-10-22)30-19(33)15(29-18(32)13(3)23)9-7-11-27-21(25)26/h12-16H,4-11,22-23H2,1-3H3,(H2,24,31)(H,28,34)(H,29,32)(H,30,33)(H4,25,26,27)/t12-,13-,14-,15-,16-/m0/s1. The molecule has 0 aliphatic carbocycles. The highest BCUT2D eigenvalue weighted by molar-refractivity contribution is 5.94. The van der Waals surface area contributed by atoms with E-state index >= 15 is 0 Å². The Morgan fingerprint density at radius 2 is 1.44 bits per heavy atom. The van der Waals surface area contributed by atoms with Crippen LogP contribution in [-0.4, -0.2) is 66.8 Å². The third-order valence-electron chi connectivity index (χ3n) is 5.43. The molecule has 4 amide bonds. The van der Waals surface area contributed by atoms with Crippen molar-refractivity contribution in [1.29, 1.82) is 5.41 Å². The maximum Gasteiger partial charge on any atom is 0.243 e. The number of hydrogen-bond donors (Lipinski definition) is 9. The van der Waals surface area contributed by atoms with E-state index in [1.54, 1.807) is 6.92 Å². The molecule has 0 aromatic heterocycles. The van der Waals surface area contributed by atoms with E-state index in [2.05, 4.69) is 21.3 Å². The first-order chi connectivity index (χ1) is 15.9. The van der Waals surface area contributed by atoms with Gasteiger partial charge in [0.15, 0.2) is 5.96 Å². The van der Waals surface area contributed by atoms with Crippen LogP contribution >= 0.6 is 0 Å². The van der Waals surface area contributed by atoms with Crippen molar-refractivity contribution in [3.8, 4) is 0 Å². The molecule has 0 saturated heterocycles. The van der Waals surface area contributed by atoms with E-state index in [9.17, 15) is 19.2 Å². The average Bonchev–Trinajstić information content (AvgIpc) is 2.77. The van der Waals surface area contributed by atoms with Crippen LogP contribution in [0, 0.1) is 11.3 Å². The molecule has 0 rings (SSSR count). The van der Waals surface area contributed by atoms with E-state index in [-0.39, 0.29) is 18.3 Å². The van der Waals surface area contributed by atoms with Crippen LogP contribution in [0.5, 0.6) is 0 Å². The number of hydrogen-bond acceptors (Lipinski definition) is 7. The summed E-state index contributed by atoms with van der Waals surface area (Å²) in [7, 11) is 0. The molecule has 13 heteroatoms. The summed E-state index contributed by atoms with van der Waals surface area (Å²) < 4.78 is 0. The van der Waals surface area contributed by atoms with E-state index in [4.69, 9.17) is 28.3 Å². The van der Waals surface area contributed by atoms with Crippen LogP contribution in [0.15, 0.2) is 0 Å². The van der Waals surface area contributed by atoms with E-state index < -0.39 is 47.8 Å². The number of rotatable bonds is 17. The van der Waals surface area contributed by atoms with Crippen molar-refractivity contribution in [2.45, 2.75) is 83.5 Å². The van der Waals surface area contributed by atoms with Gasteiger partial charge in [0.05, 0.1) is 6.04 Å². The number of carbonyl (C=O) groups is 4. The Bertz CT molecular complexity index is 687. The molecule has 0 unspecified atom stereocenters. The van der Waals surface area contributed by atoms with Gasteiger partial charge in [0.2, 0.25) is 23.6 Å². The van der Waals surface area contributed by atoms with Gasteiger partial charge in [-0.3, -0.25) is 24.6 Å². The third-order valence-corrected chi connectivity index (χ3v) is 5.43. The Morgan fingerprint density at radius 1 is 0.853 bits per heavy atom. The van der Waals surface area contributed by atoms with Gasteiger partial charge in [0.1, 0.15) is 18.1 Å². The van der Waals surface area contributed by atoms with Crippen molar-refractivity contribution in [1.82, 2.24) is 21.3 Å². The number of primary amides is 1. The van der Waals surface area contributed by atoms with Crippen LogP contribution in [0.1, 0.15) is 59.3 Å². The quantitative estimate of drug-likeness (QED) is 0.0615. The number of unbranched alkanes of at least 4 members (excludes halogenated alkanes) is 1. The normalized spacial score (nSPS) is 15.2. The summed E-state index contributed by atoms with van der Waals surface area (Å²) in [5.41, 5.74) is 21.8. The minimum absolute atomic E-state index is 0.204. The minimum Gasteiger partial charge on any atom is -0.370 e.